The zero-order valence-electron chi connectivity index (χ0n) is 6.39. The van der Waals surface area contributed by atoms with Crippen LogP contribution in [0.3, 0.4) is 0 Å². The van der Waals surface area contributed by atoms with Gasteiger partial charge in [-0.3, -0.25) is 5.41 Å². The van der Waals surface area contributed by atoms with Crippen LogP contribution in [0.15, 0.2) is 0 Å². The Kier molecular flexibility index (Phi) is 4.05. The first-order chi connectivity index (χ1) is 4.16. The van der Waals surface area contributed by atoms with Crippen molar-refractivity contribution in [2.75, 3.05) is 34.2 Å². The Morgan fingerprint density at radius 2 is 1.78 bits per heavy atom. The summed E-state index contributed by atoms with van der Waals surface area (Å²) in [5.74, 6) is 0. The van der Waals surface area contributed by atoms with E-state index in [4.69, 9.17) is 5.41 Å². The molecular formula is C6H15N3. The van der Waals surface area contributed by atoms with Gasteiger partial charge in [-0.05, 0) is 14.1 Å². The summed E-state index contributed by atoms with van der Waals surface area (Å²) in [7, 11) is 5.95. The molecule has 0 spiro atoms. The molecule has 0 rings (SSSR count). The van der Waals surface area contributed by atoms with E-state index in [2.05, 4.69) is 4.90 Å². The Bertz CT molecular complexity index is 80.4. The smallest absolute Gasteiger partial charge is 0.0815 e. The fourth-order valence-corrected chi connectivity index (χ4v) is 0.422. The number of likely N-dealkylation sites (N-methyl/N-ethyl adjacent to an activating group) is 2. The lowest BCUT2D eigenvalue weighted by Gasteiger charge is -2.15. The third-order valence-electron chi connectivity index (χ3n) is 1.12. The largest absolute Gasteiger partial charge is 0.365 e. The molecule has 0 aromatic rings. The standard InChI is InChI=1S/C6H15N3/c1-8(2)4-5-9(3)6-7/h6-7H,4-5H2,1-3H3. The zero-order chi connectivity index (χ0) is 7.28. The van der Waals surface area contributed by atoms with Crippen molar-refractivity contribution in [2.24, 2.45) is 0 Å². The molecule has 0 atom stereocenters. The first kappa shape index (κ1) is 8.43. The van der Waals surface area contributed by atoms with E-state index in [0.717, 1.165) is 13.1 Å². The number of hydrogen-bond acceptors (Lipinski definition) is 2. The summed E-state index contributed by atoms with van der Waals surface area (Å²) >= 11 is 0. The van der Waals surface area contributed by atoms with Crippen LogP contribution in [-0.4, -0.2) is 50.4 Å². The molecule has 1 N–H and O–H groups in total. The molecule has 0 saturated carbocycles. The Morgan fingerprint density at radius 3 is 2.11 bits per heavy atom. The van der Waals surface area contributed by atoms with E-state index >= 15 is 0 Å². The van der Waals surface area contributed by atoms with Crippen molar-refractivity contribution in [1.29, 1.82) is 5.41 Å². The third kappa shape index (κ3) is 5.30. The molecule has 0 radical (unpaired) electrons. The molecule has 0 unspecified atom stereocenters. The van der Waals surface area contributed by atoms with Crippen LogP contribution >= 0.6 is 0 Å². The Balaban J connectivity index is 3.16. The van der Waals surface area contributed by atoms with E-state index in [0.29, 0.717) is 0 Å². The highest BCUT2D eigenvalue weighted by Crippen LogP contribution is 1.77. The summed E-state index contributed by atoms with van der Waals surface area (Å²) in [5, 5.41) is 6.84. The van der Waals surface area contributed by atoms with Crippen LogP contribution < -0.4 is 0 Å². The van der Waals surface area contributed by atoms with Crippen molar-refractivity contribution in [3.8, 4) is 0 Å². The van der Waals surface area contributed by atoms with Crippen molar-refractivity contribution >= 4 is 6.34 Å². The number of nitrogens with one attached hydrogen (secondary N) is 1. The van der Waals surface area contributed by atoms with Crippen molar-refractivity contribution < 1.29 is 0 Å². The van der Waals surface area contributed by atoms with Crippen molar-refractivity contribution in [1.82, 2.24) is 9.80 Å². The third-order valence-corrected chi connectivity index (χ3v) is 1.12. The summed E-state index contributed by atoms with van der Waals surface area (Å²) in [6.45, 7) is 1.93. The first-order valence-electron chi connectivity index (χ1n) is 3.02. The average Bonchev–Trinajstić information content (AvgIpc) is 1.83. The summed E-state index contributed by atoms with van der Waals surface area (Å²) in [5.41, 5.74) is 0. The van der Waals surface area contributed by atoms with Gasteiger partial charge in [0.25, 0.3) is 0 Å². The van der Waals surface area contributed by atoms with E-state index in [-0.39, 0.29) is 0 Å². The second-order valence-corrected chi connectivity index (χ2v) is 2.41. The lowest BCUT2D eigenvalue weighted by atomic mass is 10.5. The van der Waals surface area contributed by atoms with Crippen LogP contribution in [0.5, 0.6) is 0 Å². The monoisotopic (exact) mass is 129 g/mol. The molecule has 0 amide bonds. The molecule has 0 aromatic heterocycles. The Labute approximate surface area is 56.8 Å². The van der Waals surface area contributed by atoms with Crippen LogP contribution in [0.1, 0.15) is 0 Å². The average molecular weight is 129 g/mol. The predicted octanol–water partition coefficient (Wildman–Crippen LogP) is 0.0869. The van der Waals surface area contributed by atoms with Crippen LogP contribution in [0.4, 0.5) is 0 Å². The summed E-state index contributed by atoms with van der Waals surface area (Å²) in [4.78, 5) is 3.94. The van der Waals surface area contributed by atoms with Crippen LogP contribution in [-0.2, 0) is 0 Å². The van der Waals surface area contributed by atoms with Gasteiger partial charge in [0.2, 0.25) is 0 Å². The van der Waals surface area contributed by atoms with Gasteiger partial charge in [-0.1, -0.05) is 0 Å². The molecule has 0 saturated heterocycles. The van der Waals surface area contributed by atoms with Crippen LogP contribution in [0.25, 0.3) is 0 Å². The quantitative estimate of drug-likeness (QED) is 0.430. The van der Waals surface area contributed by atoms with Crippen LogP contribution in [0, 0.1) is 5.41 Å². The highest BCUT2D eigenvalue weighted by atomic mass is 15.1. The second-order valence-electron chi connectivity index (χ2n) is 2.41. The molecule has 0 heterocycles. The highest BCUT2D eigenvalue weighted by molar-refractivity contribution is 5.49. The topological polar surface area (TPSA) is 30.3 Å². The Hall–Kier alpha value is -0.570. The highest BCUT2D eigenvalue weighted by Gasteiger charge is 1.91. The number of rotatable bonds is 4. The maximum absolute atomic E-state index is 6.84. The SMILES string of the molecule is CN(C)CCN(C)C=N. The Morgan fingerprint density at radius 1 is 1.22 bits per heavy atom. The second kappa shape index (κ2) is 4.32. The lowest BCUT2D eigenvalue weighted by Crippen LogP contribution is -2.27. The van der Waals surface area contributed by atoms with Gasteiger partial charge in [-0.25, -0.2) is 0 Å². The molecule has 9 heavy (non-hydrogen) atoms. The minimum Gasteiger partial charge on any atom is -0.365 e. The summed E-state index contributed by atoms with van der Waals surface area (Å²) in [6.07, 6.45) is 1.34. The molecule has 0 aliphatic carbocycles. The fraction of sp³-hybridized carbons (Fsp3) is 0.833. The van der Waals surface area contributed by atoms with Crippen molar-refractivity contribution in [3.63, 3.8) is 0 Å². The van der Waals surface area contributed by atoms with Gasteiger partial charge in [0, 0.05) is 20.1 Å². The maximum atomic E-state index is 6.84. The van der Waals surface area contributed by atoms with E-state index in [9.17, 15) is 0 Å². The summed E-state index contributed by atoms with van der Waals surface area (Å²) < 4.78 is 0. The first-order valence-corrected chi connectivity index (χ1v) is 3.02. The van der Waals surface area contributed by atoms with Gasteiger partial charge in [0.15, 0.2) is 0 Å². The molecule has 3 nitrogen and oxygen atoms in total. The summed E-state index contributed by atoms with van der Waals surface area (Å²) in [6, 6.07) is 0. The van der Waals surface area contributed by atoms with Gasteiger partial charge in [0.05, 0.1) is 6.34 Å². The van der Waals surface area contributed by atoms with Crippen molar-refractivity contribution in [2.45, 2.75) is 0 Å². The molecule has 54 valence electrons. The van der Waals surface area contributed by atoms with Gasteiger partial charge < -0.3 is 9.80 Å². The van der Waals surface area contributed by atoms with E-state index in [1.807, 2.05) is 26.0 Å². The zero-order valence-corrected chi connectivity index (χ0v) is 6.39. The molecule has 3 heteroatoms. The van der Waals surface area contributed by atoms with Crippen molar-refractivity contribution in [3.05, 3.63) is 0 Å². The predicted molar refractivity (Wildman–Crippen MR) is 40.0 cm³/mol. The fourth-order valence-electron chi connectivity index (χ4n) is 0.422. The van der Waals surface area contributed by atoms with E-state index in [1.54, 1.807) is 0 Å². The van der Waals surface area contributed by atoms with E-state index in [1.165, 1.54) is 6.34 Å². The molecule has 0 fully saturated rings. The maximum Gasteiger partial charge on any atom is 0.0815 e. The number of nitrogens with zero attached hydrogens (tertiary/aromatic N) is 2. The molecular weight excluding hydrogens is 114 g/mol. The number of hydrogen-bond donors (Lipinski definition) is 1. The van der Waals surface area contributed by atoms with Crippen LogP contribution in [0.2, 0.25) is 0 Å². The van der Waals surface area contributed by atoms with E-state index < -0.39 is 0 Å². The molecule has 0 aromatic carbocycles. The van der Waals surface area contributed by atoms with Gasteiger partial charge in [-0.15, -0.1) is 0 Å². The molecule has 0 aliphatic heterocycles. The van der Waals surface area contributed by atoms with Gasteiger partial charge in [-0.2, -0.15) is 0 Å². The minimum absolute atomic E-state index is 0.927. The molecule has 0 aliphatic rings. The normalized spacial score (nSPS) is 9.78. The van der Waals surface area contributed by atoms with Gasteiger partial charge >= 0.3 is 0 Å². The lowest BCUT2D eigenvalue weighted by molar-refractivity contribution is 0.360. The molecule has 0 bridgehead atoms. The minimum atomic E-state index is 0.927. The van der Waals surface area contributed by atoms with Gasteiger partial charge in [0.1, 0.15) is 0 Å².